The molecule has 6 rings (SSSR count). The Kier molecular flexibility index (Phi) is 10.7. The number of anilines is 1. The van der Waals surface area contributed by atoms with Gasteiger partial charge in [-0.15, -0.1) is 0 Å². The zero-order valence-corrected chi connectivity index (χ0v) is 28.3. The highest BCUT2D eigenvalue weighted by molar-refractivity contribution is 7.85. The first-order chi connectivity index (χ1) is 22.4. The van der Waals surface area contributed by atoms with Crippen LogP contribution in [0.3, 0.4) is 0 Å². The summed E-state index contributed by atoms with van der Waals surface area (Å²) < 4.78 is 20.1. The maximum atomic E-state index is 14.2. The second-order valence-corrected chi connectivity index (χ2v) is 14.6. The molecule has 0 amide bonds. The smallest absolute Gasteiger partial charge is 0.119 e. The van der Waals surface area contributed by atoms with Crippen molar-refractivity contribution in [1.82, 2.24) is 9.88 Å². The maximum absolute atomic E-state index is 14.2. The van der Waals surface area contributed by atoms with Crippen LogP contribution in [-0.4, -0.2) is 58.0 Å². The Morgan fingerprint density at radius 3 is 2.35 bits per heavy atom. The second-order valence-electron chi connectivity index (χ2n) is 13.1. The van der Waals surface area contributed by atoms with Gasteiger partial charge in [-0.3, -0.25) is 4.98 Å². The number of likely N-dealkylation sites (tertiary alicyclic amines) is 1. The third-order valence-electron chi connectivity index (χ3n) is 9.95. The molecule has 0 saturated carbocycles. The molecule has 0 spiro atoms. The number of aromatic nitrogens is 1. The Morgan fingerprint density at radius 1 is 0.913 bits per heavy atom. The van der Waals surface area contributed by atoms with Gasteiger partial charge in [-0.05, 0) is 81.0 Å². The summed E-state index contributed by atoms with van der Waals surface area (Å²) in [4.78, 5) is 11.3. The van der Waals surface area contributed by atoms with Gasteiger partial charge in [-0.25, -0.2) is 4.21 Å². The number of unbranched alkanes of at least 4 members (excludes halogenated alkanes) is 4. The van der Waals surface area contributed by atoms with Gasteiger partial charge in [-0.2, -0.15) is 0 Å². The van der Waals surface area contributed by atoms with E-state index >= 15 is 0 Å². The summed E-state index contributed by atoms with van der Waals surface area (Å²) in [6, 6.07) is 24.7. The lowest BCUT2D eigenvalue weighted by Crippen LogP contribution is -2.50. The Hall–Kier alpha value is -3.26. The molecule has 3 aromatic carbocycles. The minimum Gasteiger partial charge on any atom is -0.494 e. The van der Waals surface area contributed by atoms with Crippen LogP contribution in [0.15, 0.2) is 88.8 Å². The molecule has 3 heterocycles. The SMILES string of the molecule is CCCCCCCOc1ccc(S(=O)c2cnc3ccc(C)cc3c2N2CCC(N3CCC(O)(c4ccccc4)CC3)CC2)cc1. The fourth-order valence-electron chi connectivity index (χ4n) is 7.17. The first-order valence-electron chi connectivity index (χ1n) is 17.3. The molecule has 0 aliphatic carbocycles. The molecular formula is C39H49N3O3S. The molecule has 1 aromatic heterocycles. The van der Waals surface area contributed by atoms with Gasteiger partial charge in [0.15, 0.2) is 0 Å². The molecule has 244 valence electrons. The first kappa shape index (κ1) is 32.7. The molecule has 0 bridgehead atoms. The van der Waals surface area contributed by atoms with Crippen molar-refractivity contribution in [2.75, 3.05) is 37.7 Å². The van der Waals surface area contributed by atoms with E-state index in [9.17, 15) is 9.32 Å². The molecule has 2 aliphatic rings. The topological polar surface area (TPSA) is 65.9 Å². The molecule has 2 saturated heterocycles. The number of fused-ring (bicyclic) bond motifs is 1. The van der Waals surface area contributed by atoms with E-state index in [1.165, 1.54) is 31.2 Å². The largest absolute Gasteiger partial charge is 0.494 e. The summed E-state index contributed by atoms with van der Waals surface area (Å²) in [7, 11) is -1.38. The van der Waals surface area contributed by atoms with Gasteiger partial charge < -0.3 is 19.6 Å². The van der Waals surface area contributed by atoms with Crippen LogP contribution in [0.4, 0.5) is 5.69 Å². The predicted octanol–water partition coefficient (Wildman–Crippen LogP) is 8.01. The van der Waals surface area contributed by atoms with Crippen LogP contribution >= 0.6 is 0 Å². The summed E-state index contributed by atoms with van der Waals surface area (Å²) in [5.41, 5.74) is 3.45. The number of aryl methyl sites for hydroxylation is 1. The standard InChI is InChI=1S/C39H49N3O3S/c1-3-4-5-6-10-27-45-33-14-16-34(17-15-33)46(44)37-29-40-36-18-13-30(2)28-35(36)38(37)42-23-19-32(20-24-42)41-25-21-39(43,22-26-41)31-11-8-7-9-12-31/h7-9,11-18,28-29,32,43H,3-6,10,19-27H2,1-2H3. The van der Waals surface area contributed by atoms with Gasteiger partial charge in [0.1, 0.15) is 5.75 Å². The van der Waals surface area contributed by atoms with E-state index in [2.05, 4.69) is 54.0 Å². The van der Waals surface area contributed by atoms with Crippen LogP contribution in [-0.2, 0) is 16.4 Å². The van der Waals surface area contributed by atoms with Gasteiger partial charge >= 0.3 is 0 Å². The van der Waals surface area contributed by atoms with Gasteiger partial charge in [0.05, 0.1) is 39.1 Å². The van der Waals surface area contributed by atoms with Crippen LogP contribution < -0.4 is 9.64 Å². The van der Waals surface area contributed by atoms with E-state index in [1.54, 1.807) is 0 Å². The van der Waals surface area contributed by atoms with Crippen molar-refractivity contribution in [3.05, 3.63) is 90.1 Å². The Morgan fingerprint density at radius 2 is 1.63 bits per heavy atom. The number of nitrogens with zero attached hydrogens (tertiary/aromatic N) is 3. The number of ether oxygens (including phenoxy) is 1. The molecule has 2 fully saturated rings. The fourth-order valence-corrected chi connectivity index (χ4v) is 8.37. The quantitative estimate of drug-likeness (QED) is 0.159. The van der Waals surface area contributed by atoms with Crippen LogP contribution in [0.1, 0.15) is 75.8 Å². The van der Waals surface area contributed by atoms with Crippen LogP contribution in [0.25, 0.3) is 10.9 Å². The average molecular weight is 640 g/mol. The Bertz CT molecular complexity index is 1590. The zero-order valence-electron chi connectivity index (χ0n) is 27.5. The van der Waals surface area contributed by atoms with E-state index in [4.69, 9.17) is 9.72 Å². The van der Waals surface area contributed by atoms with E-state index in [0.29, 0.717) is 12.6 Å². The lowest BCUT2D eigenvalue weighted by molar-refractivity contribution is -0.0379. The van der Waals surface area contributed by atoms with E-state index in [0.717, 1.165) is 96.0 Å². The molecular weight excluding hydrogens is 591 g/mol. The zero-order chi connectivity index (χ0) is 31.9. The lowest BCUT2D eigenvalue weighted by Gasteiger charge is -2.45. The fraction of sp³-hybridized carbons (Fsp3) is 0.462. The maximum Gasteiger partial charge on any atom is 0.119 e. The van der Waals surface area contributed by atoms with E-state index in [1.807, 2.05) is 48.7 Å². The molecule has 1 N–H and O–H groups in total. The van der Waals surface area contributed by atoms with E-state index < -0.39 is 16.4 Å². The summed E-state index contributed by atoms with van der Waals surface area (Å²) in [5.74, 6) is 0.825. The highest BCUT2D eigenvalue weighted by Gasteiger charge is 2.37. The van der Waals surface area contributed by atoms with Crippen molar-refractivity contribution in [2.24, 2.45) is 0 Å². The highest BCUT2D eigenvalue weighted by atomic mass is 32.2. The van der Waals surface area contributed by atoms with Gasteiger partial charge in [0, 0.05) is 48.7 Å². The number of benzene rings is 3. The van der Waals surface area contributed by atoms with Gasteiger partial charge in [0.2, 0.25) is 0 Å². The summed E-state index contributed by atoms with van der Waals surface area (Å²) in [6.07, 6.45) is 11.5. The van der Waals surface area contributed by atoms with Crippen LogP contribution in [0, 0.1) is 6.92 Å². The van der Waals surface area contributed by atoms with Crippen molar-refractivity contribution >= 4 is 27.4 Å². The van der Waals surface area contributed by atoms with Crippen LogP contribution in [0.2, 0.25) is 0 Å². The number of hydrogen-bond acceptors (Lipinski definition) is 6. The molecule has 6 nitrogen and oxygen atoms in total. The van der Waals surface area contributed by atoms with Gasteiger partial charge in [-0.1, -0.05) is 74.6 Å². The monoisotopic (exact) mass is 639 g/mol. The van der Waals surface area contributed by atoms with Gasteiger partial charge in [0.25, 0.3) is 0 Å². The second kappa shape index (κ2) is 15.1. The third-order valence-corrected chi connectivity index (χ3v) is 11.3. The lowest BCUT2D eigenvalue weighted by atomic mass is 9.83. The number of hydrogen-bond donors (Lipinski definition) is 1. The number of piperidine rings is 2. The predicted molar refractivity (Wildman–Crippen MR) is 188 cm³/mol. The molecule has 1 unspecified atom stereocenters. The molecule has 7 heteroatoms. The molecule has 2 aliphatic heterocycles. The normalized spacial score (nSPS) is 18.1. The molecule has 4 aromatic rings. The Balaban J connectivity index is 1.14. The number of pyridine rings is 1. The third kappa shape index (κ3) is 7.48. The molecule has 0 radical (unpaired) electrons. The summed E-state index contributed by atoms with van der Waals surface area (Å²) >= 11 is 0. The summed E-state index contributed by atoms with van der Waals surface area (Å²) in [5, 5.41) is 12.4. The first-order valence-corrected chi connectivity index (χ1v) is 18.4. The average Bonchev–Trinajstić information content (AvgIpc) is 3.10. The van der Waals surface area contributed by atoms with Crippen molar-refractivity contribution in [3.8, 4) is 5.75 Å². The number of rotatable bonds is 12. The van der Waals surface area contributed by atoms with E-state index in [-0.39, 0.29) is 0 Å². The summed E-state index contributed by atoms with van der Waals surface area (Å²) in [6.45, 7) is 8.65. The highest BCUT2D eigenvalue weighted by Crippen LogP contribution is 2.38. The van der Waals surface area contributed by atoms with Crippen molar-refractivity contribution in [1.29, 1.82) is 0 Å². The van der Waals surface area contributed by atoms with Crippen molar-refractivity contribution in [2.45, 2.75) is 93.1 Å². The molecule has 46 heavy (non-hydrogen) atoms. The minimum atomic E-state index is -1.38. The minimum absolute atomic E-state index is 0.486. The van der Waals surface area contributed by atoms with Crippen molar-refractivity contribution < 1.29 is 14.1 Å². The van der Waals surface area contributed by atoms with Crippen LogP contribution in [0.5, 0.6) is 5.75 Å². The van der Waals surface area contributed by atoms with Crippen molar-refractivity contribution in [3.63, 3.8) is 0 Å². The Labute approximate surface area is 277 Å². The molecule has 1 atom stereocenters. The number of aliphatic hydroxyl groups is 1.